The van der Waals surface area contributed by atoms with Crippen LogP contribution in [0.1, 0.15) is 13.3 Å². The molecule has 0 heterocycles. The van der Waals surface area contributed by atoms with E-state index in [9.17, 15) is 0 Å². The van der Waals surface area contributed by atoms with E-state index >= 15 is 0 Å². The van der Waals surface area contributed by atoms with Gasteiger partial charge < -0.3 is 10.6 Å². The smallest absolute Gasteiger partial charge is 0.176 e. The summed E-state index contributed by atoms with van der Waals surface area (Å²) in [4.78, 5) is 0. The van der Waals surface area contributed by atoms with E-state index in [1.54, 1.807) is 6.19 Å². The standard InChI is InChI=1S/C6H10N4/c1-2-6(10-5-8)3-9-4-7/h6,9-10H,2-3H2,1H3. The molecule has 0 saturated carbocycles. The molecule has 2 N–H and O–H groups in total. The first kappa shape index (κ1) is 8.58. The monoisotopic (exact) mass is 138 g/mol. The van der Waals surface area contributed by atoms with Gasteiger partial charge in [-0.15, -0.1) is 0 Å². The summed E-state index contributed by atoms with van der Waals surface area (Å²) in [5, 5.41) is 21.3. The van der Waals surface area contributed by atoms with E-state index in [1.807, 2.05) is 13.1 Å². The molecule has 0 aliphatic rings. The number of nitrogens with zero attached hydrogens (tertiary/aromatic N) is 2. The predicted octanol–water partition coefficient (Wildman–Crippen LogP) is -0.0936. The molecule has 10 heavy (non-hydrogen) atoms. The Balaban J connectivity index is 3.44. The Morgan fingerprint density at radius 1 is 1.40 bits per heavy atom. The lowest BCUT2D eigenvalue weighted by Crippen LogP contribution is -2.33. The number of rotatable bonds is 4. The molecule has 4 heteroatoms. The topological polar surface area (TPSA) is 71.6 Å². The zero-order valence-electron chi connectivity index (χ0n) is 5.89. The molecule has 1 atom stereocenters. The molecule has 0 fully saturated rings. The molecule has 0 rings (SSSR count). The van der Waals surface area contributed by atoms with Gasteiger partial charge in [-0.2, -0.15) is 10.5 Å². The average Bonchev–Trinajstić information content (AvgIpc) is 1.98. The highest BCUT2D eigenvalue weighted by Crippen LogP contribution is 1.85. The van der Waals surface area contributed by atoms with Crippen LogP contribution in [0.2, 0.25) is 0 Å². The summed E-state index contributed by atoms with van der Waals surface area (Å²) in [5.41, 5.74) is 0. The van der Waals surface area contributed by atoms with Crippen LogP contribution in [0.4, 0.5) is 0 Å². The van der Waals surface area contributed by atoms with Crippen molar-refractivity contribution < 1.29 is 0 Å². The van der Waals surface area contributed by atoms with E-state index in [0.29, 0.717) is 6.54 Å². The van der Waals surface area contributed by atoms with Crippen molar-refractivity contribution in [2.24, 2.45) is 0 Å². The van der Waals surface area contributed by atoms with E-state index in [2.05, 4.69) is 10.6 Å². The van der Waals surface area contributed by atoms with Gasteiger partial charge in [-0.05, 0) is 6.42 Å². The largest absolute Gasteiger partial charge is 0.322 e. The number of nitriles is 2. The van der Waals surface area contributed by atoms with Gasteiger partial charge >= 0.3 is 0 Å². The highest BCUT2D eigenvalue weighted by Gasteiger charge is 2.01. The van der Waals surface area contributed by atoms with E-state index in [0.717, 1.165) is 6.42 Å². The normalized spacial score (nSPS) is 10.7. The van der Waals surface area contributed by atoms with Crippen molar-refractivity contribution in [3.63, 3.8) is 0 Å². The Morgan fingerprint density at radius 3 is 2.50 bits per heavy atom. The SMILES string of the molecule is CCC(CNC#N)NC#N. The van der Waals surface area contributed by atoms with Gasteiger partial charge in [-0.3, -0.25) is 0 Å². The predicted molar refractivity (Wildman–Crippen MR) is 36.4 cm³/mol. The maximum Gasteiger partial charge on any atom is 0.176 e. The molecule has 0 saturated heterocycles. The third-order valence-electron chi connectivity index (χ3n) is 1.19. The Labute approximate surface area is 60.4 Å². The summed E-state index contributed by atoms with van der Waals surface area (Å²) >= 11 is 0. The fourth-order valence-electron chi connectivity index (χ4n) is 0.558. The minimum Gasteiger partial charge on any atom is -0.322 e. The van der Waals surface area contributed by atoms with Gasteiger partial charge in [0, 0.05) is 6.54 Å². The second-order valence-electron chi connectivity index (χ2n) is 1.85. The highest BCUT2D eigenvalue weighted by atomic mass is 15.0. The average molecular weight is 138 g/mol. The summed E-state index contributed by atoms with van der Waals surface area (Å²) in [6.07, 6.45) is 4.46. The van der Waals surface area contributed by atoms with Crippen LogP contribution in [0.15, 0.2) is 0 Å². The first-order chi connectivity index (χ1) is 4.85. The molecule has 1 unspecified atom stereocenters. The van der Waals surface area contributed by atoms with Gasteiger partial charge in [0.1, 0.15) is 0 Å². The van der Waals surface area contributed by atoms with Crippen LogP contribution < -0.4 is 10.6 Å². The molecule has 0 amide bonds. The Morgan fingerprint density at radius 2 is 2.10 bits per heavy atom. The molecule has 0 aromatic carbocycles. The van der Waals surface area contributed by atoms with Crippen molar-refractivity contribution in [1.82, 2.24) is 10.6 Å². The van der Waals surface area contributed by atoms with Crippen molar-refractivity contribution in [3.05, 3.63) is 0 Å². The zero-order chi connectivity index (χ0) is 7.82. The van der Waals surface area contributed by atoms with Crippen molar-refractivity contribution in [3.8, 4) is 12.4 Å². The highest BCUT2D eigenvalue weighted by molar-refractivity contribution is 4.79. The van der Waals surface area contributed by atoms with Gasteiger partial charge in [0.15, 0.2) is 12.4 Å². The van der Waals surface area contributed by atoms with Crippen LogP contribution in [0.5, 0.6) is 0 Å². The molecule has 0 radical (unpaired) electrons. The van der Waals surface area contributed by atoms with Gasteiger partial charge in [-0.1, -0.05) is 6.92 Å². The second kappa shape index (κ2) is 5.71. The fraction of sp³-hybridized carbons (Fsp3) is 0.667. The maximum absolute atomic E-state index is 8.20. The van der Waals surface area contributed by atoms with E-state index in [4.69, 9.17) is 10.5 Å². The molecule has 0 aliphatic carbocycles. The molecule has 0 bridgehead atoms. The van der Waals surface area contributed by atoms with Gasteiger partial charge in [-0.25, -0.2) is 0 Å². The third kappa shape index (κ3) is 3.57. The molecule has 0 spiro atoms. The van der Waals surface area contributed by atoms with Gasteiger partial charge in [0.2, 0.25) is 0 Å². The first-order valence-corrected chi connectivity index (χ1v) is 3.11. The third-order valence-corrected chi connectivity index (χ3v) is 1.19. The molecule has 0 aromatic heterocycles. The summed E-state index contributed by atoms with van der Waals surface area (Å²) < 4.78 is 0. The second-order valence-corrected chi connectivity index (χ2v) is 1.85. The number of hydrogen-bond acceptors (Lipinski definition) is 4. The van der Waals surface area contributed by atoms with Crippen LogP contribution in [0, 0.1) is 22.9 Å². The minimum atomic E-state index is 0.0737. The lowest BCUT2D eigenvalue weighted by molar-refractivity contribution is 0.556. The van der Waals surface area contributed by atoms with Crippen molar-refractivity contribution in [2.75, 3.05) is 6.54 Å². The number of hydrogen-bond donors (Lipinski definition) is 2. The van der Waals surface area contributed by atoms with Gasteiger partial charge in [0.05, 0.1) is 6.04 Å². The van der Waals surface area contributed by atoms with E-state index in [-0.39, 0.29) is 6.04 Å². The molecule has 54 valence electrons. The van der Waals surface area contributed by atoms with Crippen molar-refractivity contribution in [1.29, 1.82) is 10.5 Å². The first-order valence-electron chi connectivity index (χ1n) is 3.11. The molecule has 4 nitrogen and oxygen atoms in total. The Kier molecular flexibility index (Phi) is 4.90. The lowest BCUT2D eigenvalue weighted by Gasteiger charge is -2.09. The molecule has 0 aromatic rings. The number of nitrogens with one attached hydrogen (secondary N) is 2. The summed E-state index contributed by atoms with van der Waals surface area (Å²) in [6, 6.07) is 0.0737. The zero-order valence-corrected chi connectivity index (χ0v) is 5.89. The minimum absolute atomic E-state index is 0.0737. The van der Waals surface area contributed by atoms with Crippen molar-refractivity contribution in [2.45, 2.75) is 19.4 Å². The van der Waals surface area contributed by atoms with E-state index in [1.165, 1.54) is 0 Å². The Hall–Kier alpha value is -1.42. The summed E-state index contributed by atoms with van der Waals surface area (Å²) in [7, 11) is 0. The lowest BCUT2D eigenvalue weighted by atomic mass is 10.2. The summed E-state index contributed by atoms with van der Waals surface area (Å²) in [6.45, 7) is 2.47. The van der Waals surface area contributed by atoms with Crippen LogP contribution in [-0.2, 0) is 0 Å². The molecular formula is C6H10N4. The Bertz CT molecular complexity index is 152. The van der Waals surface area contributed by atoms with Gasteiger partial charge in [0.25, 0.3) is 0 Å². The fourth-order valence-corrected chi connectivity index (χ4v) is 0.558. The van der Waals surface area contributed by atoms with Crippen LogP contribution >= 0.6 is 0 Å². The quantitative estimate of drug-likeness (QED) is 0.420. The maximum atomic E-state index is 8.20. The van der Waals surface area contributed by atoms with Crippen molar-refractivity contribution >= 4 is 0 Å². The summed E-state index contributed by atoms with van der Waals surface area (Å²) in [5.74, 6) is 0. The van der Waals surface area contributed by atoms with Crippen LogP contribution in [0.3, 0.4) is 0 Å². The van der Waals surface area contributed by atoms with E-state index < -0.39 is 0 Å². The molecular weight excluding hydrogens is 128 g/mol. The molecule has 0 aliphatic heterocycles. The van der Waals surface area contributed by atoms with Crippen LogP contribution in [-0.4, -0.2) is 12.6 Å². The van der Waals surface area contributed by atoms with Crippen LogP contribution in [0.25, 0.3) is 0 Å².